The van der Waals surface area contributed by atoms with Gasteiger partial charge in [-0.3, -0.25) is 0 Å². The van der Waals surface area contributed by atoms with Crippen molar-refractivity contribution in [3.05, 3.63) is 71.2 Å². The number of anilines is 4. The first-order valence-corrected chi connectivity index (χ1v) is 8.75. The summed E-state index contributed by atoms with van der Waals surface area (Å²) in [7, 11) is 2.01. The summed E-state index contributed by atoms with van der Waals surface area (Å²) in [6, 6.07) is 14.2. The molecule has 0 radical (unpaired) electrons. The number of halogens is 2. The van der Waals surface area contributed by atoms with Crippen LogP contribution in [0, 0.1) is 5.82 Å². The molecule has 0 saturated heterocycles. The Hall–Kier alpha value is -2.93. The van der Waals surface area contributed by atoms with Crippen molar-refractivity contribution in [2.75, 3.05) is 10.6 Å². The molecular weight excluding hydrogens is 397 g/mol. The molecule has 7 heteroatoms. The maximum absolute atomic E-state index is 13.0. The molecule has 2 N–H and O–H groups in total. The van der Waals surface area contributed by atoms with E-state index in [9.17, 15) is 4.39 Å². The van der Waals surface area contributed by atoms with Crippen LogP contribution in [0.3, 0.4) is 0 Å². The smallest absolute Gasteiger partial charge is 0.229 e. The van der Waals surface area contributed by atoms with E-state index < -0.39 is 0 Å². The zero-order valence-corrected chi connectivity index (χ0v) is 15.5. The van der Waals surface area contributed by atoms with E-state index in [0.29, 0.717) is 16.2 Å². The van der Waals surface area contributed by atoms with E-state index in [0.717, 1.165) is 22.3 Å². The zero-order chi connectivity index (χ0) is 18.1. The van der Waals surface area contributed by atoms with Gasteiger partial charge in [-0.05, 0) is 64.5 Å². The average molecular weight is 412 g/mol. The minimum atomic E-state index is -0.282. The van der Waals surface area contributed by atoms with Crippen molar-refractivity contribution in [1.29, 1.82) is 0 Å². The Morgan fingerprint density at radius 1 is 1.00 bits per heavy atom. The minimum Gasteiger partial charge on any atom is -0.351 e. The van der Waals surface area contributed by atoms with Crippen LogP contribution in [0.15, 0.2) is 65.4 Å². The van der Waals surface area contributed by atoms with E-state index in [1.165, 1.54) is 12.1 Å². The summed E-state index contributed by atoms with van der Waals surface area (Å²) in [5.74, 6) is 0.777. The molecule has 0 amide bonds. The Balaban J connectivity index is 1.59. The van der Waals surface area contributed by atoms with Crippen LogP contribution in [0.1, 0.15) is 0 Å². The molecule has 0 spiro atoms. The molecule has 4 rings (SSSR count). The molecule has 0 unspecified atom stereocenters. The van der Waals surface area contributed by atoms with Crippen LogP contribution in [-0.2, 0) is 7.05 Å². The summed E-state index contributed by atoms with van der Waals surface area (Å²) < 4.78 is 15.8. The molecule has 0 aliphatic heterocycles. The zero-order valence-electron chi connectivity index (χ0n) is 13.9. The number of nitrogens with one attached hydrogen (secondary N) is 2. The summed E-state index contributed by atoms with van der Waals surface area (Å²) in [6.07, 6.45) is 3.69. The molecule has 5 nitrogen and oxygen atoms in total. The van der Waals surface area contributed by atoms with E-state index in [4.69, 9.17) is 0 Å². The first kappa shape index (κ1) is 16.5. The fourth-order valence-electron chi connectivity index (χ4n) is 2.67. The lowest BCUT2D eigenvalue weighted by Crippen LogP contribution is -2.01. The van der Waals surface area contributed by atoms with Crippen molar-refractivity contribution >= 4 is 50.0 Å². The second-order valence-electron chi connectivity index (χ2n) is 5.85. The fourth-order valence-corrected chi connectivity index (χ4v) is 2.96. The molecule has 0 atom stereocenters. The van der Waals surface area contributed by atoms with Gasteiger partial charge in [-0.1, -0.05) is 0 Å². The normalized spacial score (nSPS) is 10.9. The van der Waals surface area contributed by atoms with Crippen LogP contribution < -0.4 is 10.6 Å². The quantitative estimate of drug-likeness (QED) is 0.474. The summed E-state index contributed by atoms with van der Waals surface area (Å²) >= 11 is 3.43. The number of rotatable bonds is 4. The van der Waals surface area contributed by atoms with Gasteiger partial charge >= 0.3 is 0 Å². The fraction of sp³-hybridized carbons (Fsp3) is 0.0526. The van der Waals surface area contributed by atoms with Gasteiger partial charge in [0.2, 0.25) is 5.95 Å². The van der Waals surface area contributed by atoms with Crippen molar-refractivity contribution in [3.8, 4) is 0 Å². The van der Waals surface area contributed by atoms with Gasteiger partial charge in [0, 0.05) is 41.7 Å². The van der Waals surface area contributed by atoms with Crippen LogP contribution in [0.2, 0.25) is 0 Å². The molecule has 0 aliphatic carbocycles. The van der Waals surface area contributed by atoms with Crippen LogP contribution >= 0.6 is 15.9 Å². The molecule has 0 bridgehead atoms. The summed E-state index contributed by atoms with van der Waals surface area (Å²) in [4.78, 5) is 8.79. The van der Waals surface area contributed by atoms with Gasteiger partial charge in [0.1, 0.15) is 11.6 Å². The molecule has 26 heavy (non-hydrogen) atoms. The van der Waals surface area contributed by atoms with Gasteiger partial charge in [-0.25, -0.2) is 9.37 Å². The highest BCUT2D eigenvalue weighted by molar-refractivity contribution is 9.10. The third-order valence-corrected chi connectivity index (χ3v) is 4.57. The third kappa shape index (κ3) is 3.39. The highest BCUT2D eigenvalue weighted by Crippen LogP contribution is 2.26. The summed E-state index contributed by atoms with van der Waals surface area (Å²) in [5.41, 5.74) is 2.80. The third-order valence-electron chi connectivity index (χ3n) is 3.99. The van der Waals surface area contributed by atoms with Gasteiger partial charge in [-0.15, -0.1) is 0 Å². The number of hydrogen-bond acceptors (Lipinski definition) is 4. The van der Waals surface area contributed by atoms with Gasteiger partial charge in [0.15, 0.2) is 0 Å². The SMILES string of the molecule is Cn1ccc2cc(Nc3ncc(Br)c(Nc4ccc(F)cc4)n3)ccc21. The molecule has 0 saturated carbocycles. The average Bonchev–Trinajstić information content (AvgIpc) is 3.00. The molecule has 130 valence electrons. The molecule has 0 aliphatic rings. The number of hydrogen-bond donors (Lipinski definition) is 2. The Bertz CT molecular complexity index is 1080. The van der Waals surface area contributed by atoms with Gasteiger partial charge in [-0.2, -0.15) is 4.98 Å². The topological polar surface area (TPSA) is 54.8 Å². The highest BCUT2D eigenvalue weighted by atomic mass is 79.9. The van der Waals surface area contributed by atoms with Crippen molar-refractivity contribution in [3.63, 3.8) is 0 Å². The monoisotopic (exact) mass is 411 g/mol. The predicted octanol–water partition coefficient (Wildman–Crippen LogP) is 5.36. The number of nitrogens with zero attached hydrogens (tertiary/aromatic N) is 3. The van der Waals surface area contributed by atoms with Gasteiger partial charge in [0.05, 0.1) is 4.47 Å². The van der Waals surface area contributed by atoms with E-state index in [1.54, 1.807) is 18.3 Å². The number of benzene rings is 2. The van der Waals surface area contributed by atoms with Gasteiger partial charge in [0.25, 0.3) is 0 Å². The van der Waals surface area contributed by atoms with E-state index in [1.807, 2.05) is 31.4 Å². The lowest BCUT2D eigenvalue weighted by Gasteiger charge is -2.10. The summed E-state index contributed by atoms with van der Waals surface area (Å²) in [6.45, 7) is 0. The molecular formula is C19H15BrFN5. The molecule has 4 aromatic rings. The largest absolute Gasteiger partial charge is 0.351 e. The Kier molecular flexibility index (Phi) is 4.30. The first-order valence-electron chi connectivity index (χ1n) is 7.96. The van der Waals surface area contributed by atoms with Crippen LogP contribution in [-0.4, -0.2) is 14.5 Å². The number of aryl methyl sites for hydroxylation is 1. The lowest BCUT2D eigenvalue weighted by molar-refractivity contribution is 0.628. The van der Waals surface area contributed by atoms with Crippen molar-refractivity contribution in [1.82, 2.24) is 14.5 Å². The lowest BCUT2D eigenvalue weighted by atomic mass is 10.2. The maximum atomic E-state index is 13.0. The van der Waals surface area contributed by atoms with Crippen LogP contribution in [0.5, 0.6) is 0 Å². The van der Waals surface area contributed by atoms with E-state index in [2.05, 4.69) is 47.2 Å². The highest BCUT2D eigenvalue weighted by Gasteiger charge is 2.07. The Morgan fingerprint density at radius 3 is 2.58 bits per heavy atom. The Morgan fingerprint density at radius 2 is 1.77 bits per heavy atom. The van der Waals surface area contributed by atoms with E-state index in [-0.39, 0.29) is 5.82 Å². The Labute approximate surface area is 158 Å². The predicted molar refractivity (Wildman–Crippen MR) is 106 cm³/mol. The first-order chi connectivity index (χ1) is 12.6. The van der Waals surface area contributed by atoms with E-state index >= 15 is 0 Å². The van der Waals surface area contributed by atoms with Crippen molar-refractivity contribution in [2.45, 2.75) is 0 Å². The van der Waals surface area contributed by atoms with Gasteiger partial charge < -0.3 is 15.2 Å². The van der Waals surface area contributed by atoms with Crippen LogP contribution in [0.25, 0.3) is 10.9 Å². The van der Waals surface area contributed by atoms with Crippen molar-refractivity contribution < 1.29 is 4.39 Å². The molecule has 2 aromatic carbocycles. The summed E-state index contributed by atoms with van der Waals surface area (Å²) in [5, 5.41) is 7.50. The second-order valence-corrected chi connectivity index (χ2v) is 6.70. The van der Waals surface area contributed by atoms with Crippen LogP contribution in [0.4, 0.5) is 27.5 Å². The second kappa shape index (κ2) is 6.76. The molecule has 2 aromatic heterocycles. The van der Waals surface area contributed by atoms with Crippen molar-refractivity contribution in [2.24, 2.45) is 7.05 Å². The maximum Gasteiger partial charge on any atom is 0.229 e. The number of aromatic nitrogens is 3. The standard InChI is InChI=1S/C19H15BrFN5/c1-26-9-8-12-10-15(6-7-17(12)26)24-19-22-11-16(20)18(25-19)23-14-4-2-13(21)3-5-14/h2-11H,1H3,(H2,22,23,24,25). The minimum absolute atomic E-state index is 0.282. The molecule has 0 fully saturated rings. The molecule has 2 heterocycles. The number of fused-ring (bicyclic) bond motifs is 1.